The predicted octanol–water partition coefficient (Wildman–Crippen LogP) is 4.82. The van der Waals surface area contributed by atoms with E-state index in [1.807, 2.05) is 0 Å². The quantitative estimate of drug-likeness (QED) is 0.610. The van der Waals surface area contributed by atoms with Crippen LogP contribution in [0.2, 0.25) is 0 Å². The third-order valence-corrected chi connectivity index (χ3v) is 5.73. The summed E-state index contributed by atoms with van der Waals surface area (Å²) in [7, 11) is 0. The highest BCUT2D eigenvalue weighted by Gasteiger charge is 2.30. The number of hydrogen-bond acceptors (Lipinski definition) is 2. The molecule has 114 valence electrons. The second kappa shape index (κ2) is 10.1. The maximum absolute atomic E-state index is 3.66. The van der Waals surface area contributed by atoms with E-state index < -0.39 is 0 Å². The number of nitrogens with one attached hydrogen (secondary N) is 1. The normalized spacial score (nSPS) is 27.9. The van der Waals surface area contributed by atoms with Gasteiger partial charge >= 0.3 is 0 Å². The van der Waals surface area contributed by atoms with E-state index in [0.29, 0.717) is 0 Å². The fraction of sp³-hybridized carbons (Fsp3) is 1.00. The Morgan fingerprint density at radius 2 is 1.95 bits per heavy atom. The van der Waals surface area contributed by atoms with Crippen molar-refractivity contribution in [2.24, 2.45) is 23.7 Å². The monoisotopic (exact) mass is 285 g/mol. The highest BCUT2D eigenvalue weighted by atomic mass is 32.2. The summed E-state index contributed by atoms with van der Waals surface area (Å²) in [6.45, 7) is 11.8. The van der Waals surface area contributed by atoms with E-state index in [0.717, 1.165) is 23.7 Å². The van der Waals surface area contributed by atoms with E-state index in [9.17, 15) is 0 Å². The van der Waals surface area contributed by atoms with Gasteiger partial charge in [-0.3, -0.25) is 0 Å². The molecule has 19 heavy (non-hydrogen) atoms. The fourth-order valence-corrected chi connectivity index (χ4v) is 4.19. The topological polar surface area (TPSA) is 12.0 Å². The lowest BCUT2D eigenvalue weighted by Gasteiger charge is -2.38. The molecule has 1 aliphatic carbocycles. The van der Waals surface area contributed by atoms with E-state index in [-0.39, 0.29) is 0 Å². The Balaban J connectivity index is 2.42. The Morgan fingerprint density at radius 3 is 2.58 bits per heavy atom. The lowest BCUT2D eigenvalue weighted by atomic mass is 9.69. The lowest BCUT2D eigenvalue weighted by Crippen LogP contribution is -2.35. The number of rotatable bonds is 9. The van der Waals surface area contributed by atoms with Crippen molar-refractivity contribution in [1.82, 2.24) is 5.32 Å². The van der Waals surface area contributed by atoms with E-state index in [4.69, 9.17) is 0 Å². The van der Waals surface area contributed by atoms with Crippen LogP contribution < -0.4 is 5.32 Å². The third kappa shape index (κ3) is 6.53. The molecule has 0 heterocycles. The van der Waals surface area contributed by atoms with Gasteiger partial charge in [0.05, 0.1) is 0 Å². The first-order valence-electron chi connectivity index (χ1n) is 8.47. The van der Waals surface area contributed by atoms with Gasteiger partial charge in [0.2, 0.25) is 0 Å². The van der Waals surface area contributed by atoms with Crippen LogP contribution in [0.15, 0.2) is 0 Å². The highest BCUT2D eigenvalue weighted by molar-refractivity contribution is 7.99. The van der Waals surface area contributed by atoms with Gasteiger partial charge in [-0.25, -0.2) is 0 Å². The van der Waals surface area contributed by atoms with Crippen molar-refractivity contribution in [2.45, 2.75) is 59.8 Å². The van der Waals surface area contributed by atoms with Gasteiger partial charge in [-0.05, 0) is 80.4 Å². The molecule has 3 atom stereocenters. The Morgan fingerprint density at radius 1 is 1.16 bits per heavy atom. The van der Waals surface area contributed by atoms with Crippen LogP contribution in [-0.4, -0.2) is 24.6 Å². The Bertz CT molecular complexity index is 217. The number of thioether (sulfide) groups is 1. The zero-order valence-electron chi connectivity index (χ0n) is 13.6. The summed E-state index contributed by atoms with van der Waals surface area (Å²) in [5.74, 6) is 6.43. The molecule has 0 spiro atoms. The lowest BCUT2D eigenvalue weighted by molar-refractivity contribution is 0.142. The van der Waals surface area contributed by atoms with Crippen LogP contribution in [0, 0.1) is 23.7 Å². The molecule has 0 aromatic heterocycles. The molecule has 0 amide bonds. The van der Waals surface area contributed by atoms with Crippen molar-refractivity contribution in [3.8, 4) is 0 Å². The van der Waals surface area contributed by atoms with E-state index >= 15 is 0 Å². The summed E-state index contributed by atoms with van der Waals surface area (Å²) < 4.78 is 0. The van der Waals surface area contributed by atoms with Crippen molar-refractivity contribution in [1.29, 1.82) is 0 Å². The average molecular weight is 286 g/mol. The maximum Gasteiger partial charge on any atom is -0.00179 e. The van der Waals surface area contributed by atoms with Gasteiger partial charge < -0.3 is 5.32 Å². The van der Waals surface area contributed by atoms with Crippen molar-refractivity contribution in [2.75, 3.05) is 24.6 Å². The van der Waals surface area contributed by atoms with Gasteiger partial charge in [0.25, 0.3) is 0 Å². The first-order chi connectivity index (χ1) is 9.19. The Labute approximate surface area is 125 Å². The van der Waals surface area contributed by atoms with Crippen LogP contribution >= 0.6 is 11.8 Å². The van der Waals surface area contributed by atoms with Crippen molar-refractivity contribution < 1.29 is 0 Å². The minimum Gasteiger partial charge on any atom is -0.316 e. The van der Waals surface area contributed by atoms with Crippen molar-refractivity contribution in [3.05, 3.63) is 0 Å². The first-order valence-corrected chi connectivity index (χ1v) is 9.62. The second-order valence-corrected chi connectivity index (χ2v) is 7.92. The predicted molar refractivity (Wildman–Crippen MR) is 89.9 cm³/mol. The summed E-state index contributed by atoms with van der Waals surface area (Å²) in [6, 6.07) is 0. The smallest absolute Gasteiger partial charge is 0.00179 e. The summed E-state index contributed by atoms with van der Waals surface area (Å²) in [5, 5.41) is 3.66. The largest absolute Gasteiger partial charge is 0.316 e. The molecule has 0 aromatic carbocycles. The van der Waals surface area contributed by atoms with Crippen LogP contribution in [0.5, 0.6) is 0 Å². The van der Waals surface area contributed by atoms with Gasteiger partial charge in [0.1, 0.15) is 0 Å². The highest BCUT2D eigenvalue weighted by Crippen LogP contribution is 2.39. The van der Waals surface area contributed by atoms with Crippen molar-refractivity contribution in [3.63, 3.8) is 0 Å². The van der Waals surface area contributed by atoms with E-state index in [1.54, 1.807) is 0 Å². The van der Waals surface area contributed by atoms with Crippen molar-refractivity contribution >= 4 is 11.8 Å². The summed E-state index contributed by atoms with van der Waals surface area (Å²) >= 11 is 2.12. The van der Waals surface area contributed by atoms with Crippen LogP contribution in [0.4, 0.5) is 0 Å². The third-order valence-electron chi connectivity index (χ3n) is 4.79. The standard InChI is InChI=1S/C17H35NS/c1-5-10-18-13-17-8-7-15(14(3)4)12-16(17)9-11-19-6-2/h14-18H,5-13H2,1-4H3. The average Bonchev–Trinajstić information content (AvgIpc) is 2.40. The van der Waals surface area contributed by atoms with E-state index in [2.05, 4.69) is 44.8 Å². The molecule has 2 heteroatoms. The molecule has 1 rings (SSSR count). The summed E-state index contributed by atoms with van der Waals surface area (Å²) in [4.78, 5) is 0. The molecule has 0 radical (unpaired) electrons. The summed E-state index contributed by atoms with van der Waals surface area (Å²) in [6.07, 6.45) is 7.12. The van der Waals surface area contributed by atoms with Gasteiger partial charge in [-0.2, -0.15) is 11.8 Å². The molecule has 0 saturated heterocycles. The Kier molecular flexibility index (Phi) is 9.23. The molecule has 3 unspecified atom stereocenters. The molecule has 1 nitrogen and oxygen atoms in total. The summed E-state index contributed by atoms with van der Waals surface area (Å²) in [5.41, 5.74) is 0. The van der Waals surface area contributed by atoms with Crippen LogP contribution in [0.1, 0.15) is 59.8 Å². The molecule has 0 aromatic rings. The molecule has 1 aliphatic rings. The Hall–Kier alpha value is 0.310. The SMILES string of the molecule is CCCNCC1CCC(C(C)C)CC1CCSCC. The fourth-order valence-electron chi connectivity index (χ4n) is 3.43. The van der Waals surface area contributed by atoms with Crippen LogP contribution in [-0.2, 0) is 0 Å². The molecule has 1 saturated carbocycles. The second-order valence-electron chi connectivity index (χ2n) is 6.53. The maximum atomic E-state index is 3.66. The van der Waals surface area contributed by atoms with E-state index in [1.165, 1.54) is 56.7 Å². The van der Waals surface area contributed by atoms with Crippen LogP contribution in [0.25, 0.3) is 0 Å². The van der Waals surface area contributed by atoms with Gasteiger partial charge in [-0.1, -0.05) is 27.7 Å². The minimum atomic E-state index is 0.880. The first kappa shape index (κ1) is 17.4. The van der Waals surface area contributed by atoms with Gasteiger partial charge in [0, 0.05) is 0 Å². The molecule has 0 bridgehead atoms. The zero-order valence-corrected chi connectivity index (χ0v) is 14.4. The minimum absolute atomic E-state index is 0.880. The molecule has 1 N–H and O–H groups in total. The van der Waals surface area contributed by atoms with Gasteiger partial charge in [-0.15, -0.1) is 0 Å². The zero-order chi connectivity index (χ0) is 14.1. The molecule has 1 fully saturated rings. The van der Waals surface area contributed by atoms with Crippen LogP contribution in [0.3, 0.4) is 0 Å². The molecular formula is C17H35NS. The van der Waals surface area contributed by atoms with Gasteiger partial charge in [0.15, 0.2) is 0 Å². The number of hydrogen-bond donors (Lipinski definition) is 1. The molecular weight excluding hydrogens is 250 g/mol. The molecule has 0 aliphatic heterocycles.